The largest absolute Gasteiger partial charge is 0.450 e. The lowest BCUT2D eigenvalue weighted by atomic mass is 10.1. The van der Waals surface area contributed by atoms with Gasteiger partial charge in [0.2, 0.25) is 0 Å². The van der Waals surface area contributed by atoms with Crippen molar-refractivity contribution in [3.05, 3.63) is 41.5 Å². The molecule has 0 N–H and O–H groups in total. The van der Waals surface area contributed by atoms with Gasteiger partial charge in [0.15, 0.2) is 0 Å². The molecule has 0 saturated carbocycles. The first kappa shape index (κ1) is 10.7. The first-order chi connectivity index (χ1) is 7.81. The van der Waals surface area contributed by atoms with E-state index in [0.717, 1.165) is 5.56 Å². The van der Waals surface area contributed by atoms with Crippen LogP contribution in [0.25, 0.3) is 6.08 Å². The van der Waals surface area contributed by atoms with Crippen LogP contribution in [0.1, 0.15) is 18.1 Å². The third-order valence-corrected chi connectivity index (χ3v) is 2.57. The van der Waals surface area contributed by atoms with Crippen molar-refractivity contribution < 1.29 is 9.53 Å². The molecule has 0 atom stereocenters. The maximum atomic E-state index is 11.6. The van der Waals surface area contributed by atoms with Crippen molar-refractivity contribution in [1.29, 1.82) is 0 Å². The van der Waals surface area contributed by atoms with E-state index >= 15 is 0 Å². The minimum atomic E-state index is -0.246. The maximum Gasteiger partial charge on any atom is 0.410 e. The SMILES string of the molecule is CCOC(=O)N1CC=Cc2ccccc2C1. The summed E-state index contributed by atoms with van der Waals surface area (Å²) in [4.78, 5) is 13.3. The van der Waals surface area contributed by atoms with Crippen molar-refractivity contribution in [3.63, 3.8) is 0 Å². The van der Waals surface area contributed by atoms with Gasteiger partial charge in [-0.1, -0.05) is 36.4 Å². The smallest absolute Gasteiger partial charge is 0.410 e. The molecule has 0 fully saturated rings. The Bertz CT molecular complexity index is 412. The lowest BCUT2D eigenvalue weighted by Gasteiger charge is -2.19. The first-order valence-electron chi connectivity index (χ1n) is 5.47. The molecule has 1 aliphatic heterocycles. The van der Waals surface area contributed by atoms with Crippen molar-refractivity contribution in [1.82, 2.24) is 4.90 Å². The van der Waals surface area contributed by atoms with Gasteiger partial charge in [-0.15, -0.1) is 0 Å². The molecule has 0 bridgehead atoms. The summed E-state index contributed by atoms with van der Waals surface area (Å²) in [6.45, 7) is 3.45. The molecule has 0 aromatic heterocycles. The van der Waals surface area contributed by atoms with E-state index in [9.17, 15) is 4.79 Å². The molecule has 1 aliphatic rings. The number of hydrogen-bond donors (Lipinski definition) is 0. The molecular formula is C13H15NO2. The van der Waals surface area contributed by atoms with E-state index < -0.39 is 0 Å². The number of benzene rings is 1. The zero-order valence-corrected chi connectivity index (χ0v) is 9.35. The fourth-order valence-electron chi connectivity index (χ4n) is 1.77. The van der Waals surface area contributed by atoms with Crippen molar-refractivity contribution in [2.75, 3.05) is 13.2 Å². The highest BCUT2D eigenvalue weighted by atomic mass is 16.6. The average molecular weight is 217 g/mol. The van der Waals surface area contributed by atoms with Crippen LogP contribution in [0, 0.1) is 0 Å². The number of amides is 1. The number of rotatable bonds is 1. The van der Waals surface area contributed by atoms with E-state index in [-0.39, 0.29) is 6.09 Å². The Balaban J connectivity index is 2.18. The third-order valence-electron chi connectivity index (χ3n) is 2.57. The first-order valence-corrected chi connectivity index (χ1v) is 5.47. The second-order valence-corrected chi connectivity index (χ2v) is 3.68. The number of fused-ring (bicyclic) bond motifs is 1. The van der Waals surface area contributed by atoms with E-state index in [0.29, 0.717) is 19.7 Å². The summed E-state index contributed by atoms with van der Waals surface area (Å²) in [6, 6.07) is 8.09. The van der Waals surface area contributed by atoms with Crippen LogP contribution in [0.5, 0.6) is 0 Å². The lowest BCUT2D eigenvalue weighted by Crippen LogP contribution is -2.30. The van der Waals surface area contributed by atoms with E-state index in [1.807, 2.05) is 31.2 Å². The summed E-state index contributed by atoms with van der Waals surface area (Å²) < 4.78 is 5.01. The van der Waals surface area contributed by atoms with Gasteiger partial charge in [0.1, 0.15) is 0 Å². The molecular weight excluding hydrogens is 202 g/mol. The summed E-state index contributed by atoms with van der Waals surface area (Å²) in [5.41, 5.74) is 2.33. The highest BCUT2D eigenvalue weighted by Gasteiger charge is 2.16. The van der Waals surface area contributed by atoms with Gasteiger partial charge in [-0.3, -0.25) is 0 Å². The van der Waals surface area contributed by atoms with Crippen molar-refractivity contribution in [3.8, 4) is 0 Å². The number of carbonyl (C=O) groups excluding carboxylic acids is 1. The molecule has 0 radical (unpaired) electrons. The highest BCUT2D eigenvalue weighted by Crippen LogP contribution is 2.17. The van der Waals surface area contributed by atoms with E-state index in [2.05, 4.69) is 12.1 Å². The van der Waals surface area contributed by atoms with E-state index in [4.69, 9.17) is 4.74 Å². The number of nitrogens with zero attached hydrogens (tertiary/aromatic N) is 1. The van der Waals surface area contributed by atoms with Crippen molar-refractivity contribution >= 4 is 12.2 Å². The molecule has 1 amide bonds. The molecule has 16 heavy (non-hydrogen) atoms. The molecule has 0 saturated heterocycles. The van der Waals surface area contributed by atoms with Crippen LogP contribution in [-0.4, -0.2) is 24.1 Å². The maximum absolute atomic E-state index is 11.6. The zero-order valence-electron chi connectivity index (χ0n) is 9.35. The molecule has 1 aromatic carbocycles. The number of hydrogen-bond acceptors (Lipinski definition) is 2. The minimum absolute atomic E-state index is 0.246. The normalized spacial score (nSPS) is 14.2. The van der Waals surface area contributed by atoms with Gasteiger partial charge in [-0.25, -0.2) is 4.79 Å². The van der Waals surface area contributed by atoms with Gasteiger partial charge in [-0.2, -0.15) is 0 Å². The molecule has 2 rings (SSSR count). The molecule has 1 aromatic rings. The number of carbonyl (C=O) groups is 1. The van der Waals surface area contributed by atoms with Crippen molar-refractivity contribution in [2.45, 2.75) is 13.5 Å². The molecule has 0 spiro atoms. The second-order valence-electron chi connectivity index (χ2n) is 3.68. The highest BCUT2D eigenvalue weighted by molar-refractivity contribution is 5.69. The Morgan fingerprint density at radius 3 is 3.06 bits per heavy atom. The molecule has 0 aliphatic carbocycles. The summed E-state index contributed by atoms with van der Waals surface area (Å²) in [5.74, 6) is 0. The third kappa shape index (κ3) is 2.24. The molecule has 3 heteroatoms. The zero-order chi connectivity index (χ0) is 11.4. The van der Waals surface area contributed by atoms with Crippen LogP contribution in [0.3, 0.4) is 0 Å². The summed E-state index contributed by atoms with van der Waals surface area (Å²) >= 11 is 0. The van der Waals surface area contributed by atoms with E-state index in [1.54, 1.807) is 4.90 Å². The van der Waals surface area contributed by atoms with Gasteiger partial charge in [0.25, 0.3) is 0 Å². The van der Waals surface area contributed by atoms with Crippen LogP contribution < -0.4 is 0 Å². The molecule has 0 unspecified atom stereocenters. The van der Waals surface area contributed by atoms with Gasteiger partial charge in [0, 0.05) is 13.1 Å². The van der Waals surface area contributed by atoms with E-state index in [1.165, 1.54) is 5.56 Å². The van der Waals surface area contributed by atoms with Crippen LogP contribution >= 0.6 is 0 Å². The van der Waals surface area contributed by atoms with Crippen LogP contribution in [-0.2, 0) is 11.3 Å². The Morgan fingerprint density at radius 1 is 1.44 bits per heavy atom. The fourth-order valence-corrected chi connectivity index (χ4v) is 1.77. The number of ether oxygens (including phenoxy) is 1. The second kappa shape index (κ2) is 4.84. The van der Waals surface area contributed by atoms with Gasteiger partial charge < -0.3 is 9.64 Å². The topological polar surface area (TPSA) is 29.5 Å². The van der Waals surface area contributed by atoms with Gasteiger partial charge in [-0.05, 0) is 18.1 Å². The standard InChI is InChI=1S/C13H15NO2/c1-2-16-13(15)14-9-5-8-11-6-3-4-7-12(11)10-14/h3-8H,2,9-10H2,1H3. The van der Waals surface area contributed by atoms with Crippen LogP contribution in [0.2, 0.25) is 0 Å². The van der Waals surface area contributed by atoms with Crippen LogP contribution in [0.4, 0.5) is 4.79 Å². The summed E-state index contributed by atoms with van der Waals surface area (Å²) in [7, 11) is 0. The molecule has 3 nitrogen and oxygen atoms in total. The predicted octanol–water partition coefficient (Wildman–Crippen LogP) is 2.67. The quantitative estimate of drug-likeness (QED) is 0.723. The Hall–Kier alpha value is -1.77. The minimum Gasteiger partial charge on any atom is -0.450 e. The Labute approximate surface area is 95.3 Å². The average Bonchev–Trinajstić information content (AvgIpc) is 2.51. The Morgan fingerprint density at radius 2 is 2.25 bits per heavy atom. The molecule has 1 heterocycles. The summed E-state index contributed by atoms with van der Waals surface area (Å²) in [5, 5.41) is 0. The predicted molar refractivity (Wildman–Crippen MR) is 62.9 cm³/mol. The van der Waals surface area contributed by atoms with Crippen LogP contribution in [0.15, 0.2) is 30.3 Å². The lowest BCUT2D eigenvalue weighted by molar-refractivity contribution is 0.109. The Kier molecular flexibility index (Phi) is 3.25. The summed E-state index contributed by atoms with van der Waals surface area (Å²) in [6.07, 6.45) is 3.79. The monoisotopic (exact) mass is 217 g/mol. The van der Waals surface area contributed by atoms with Gasteiger partial charge in [0.05, 0.1) is 6.61 Å². The van der Waals surface area contributed by atoms with Gasteiger partial charge >= 0.3 is 6.09 Å². The fraction of sp³-hybridized carbons (Fsp3) is 0.308. The van der Waals surface area contributed by atoms with Crippen molar-refractivity contribution in [2.24, 2.45) is 0 Å². The molecule has 84 valence electrons.